The van der Waals surface area contributed by atoms with Crippen LogP contribution in [0.4, 0.5) is 0 Å². The molecule has 156 valence electrons. The minimum Gasteiger partial charge on any atom is -0.333 e. The molecular weight excluding hydrogens is 402 g/mol. The highest BCUT2D eigenvalue weighted by atomic mass is 32.1. The van der Waals surface area contributed by atoms with Crippen molar-refractivity contribution in [3.63, 3.8) is 0 Å². The number of amides is 1. The zero-order valence-corrected chi connectivity index (χ0v) is 18.4. The lowest BCUT2D eigenvalue weighted by Gasteiger charge is -2.20. The molecule has 0 N–H and O–H groups in total. The molecule has 2 aromatic heterocycles. The number of pyridine rings is 1. The third-order valence-electron chi connectivity index (χ3n) is 5.22. The van der Waals surface area contributed by atoms with Gasteiger partial charge >= 0.3 is 0 Å². The standard InChI is InChI=1S/C26H25N3OS/c1-2-29(18-21-9-6-10-23(17-21)22-13-15-27-16-14-22)26(30)24-19-31-25(28-24)12-11-20-7-4-3-5-8-20/h3-10,13-17,19H,2,11-12,18H2,1H3. The SMILES string of the molecule is CCN(Cc1cccc(-c2ccncc2)c1)C(=O)c1csc(CCc2ccccc2)n1. The molecule has 0 fully saturated rings. The quantitative estimate of drug-likeness (QED) is 0.365. The third kappa shape index (κ3) is 5.44. The Kier molecular flexibility index (Phi) is 6.85. The van der Waals surface area contributed by atoms with Gasteiger partial charge in [-0.3, -0.25) is 9.78 Å². The number of hydrogen-bond donors (Lipinski definition) is 0. The number of aromatic nitrogens is 2. The topological polar surface area (TPSA) is 46.1 Å². The molecule has 4 nitrogen and oxygen atoms in total. The van der Waals surface area contributed by atoms with E-state index in [1.807, 2.05) is 41.5 Å². The smallest absolute Gasteiger partial charge is 0.273 e. The number of carbonyl (C=O) groups excluding carboxylic acids is 1. The second kappa shape index (κ2) is 10.1. The van der Waals surface area contributed by atoms with E-state index in [2.05, 4.69) is 52.4 Å². The van der Waals surface area contributed by atoms with Crippen molar-refractivity contribution in [2.75, 3.05) is 6.54 Å². The maximum absolute atomic E-state index is 13.1. The molecule has 0 bridgehead atoms. The van der Waals surface area contributed by atoms with Gasteiger partial charge in [0.1, 0.15) is 5.69 Å². The Balaban J connectivity index is 1.42. The lowest BCUT2D eigenvalue weighted by atomic mass is 10.0. The van der Waals surface area contributed by atoms with E-state index in [0.717, 1.165) is 34.5 Å². The first-order valence-corrected chi connectivity index (χ1v) is 11.4. The summed E-state index contributed by atoms with van der Waals surface area (Å²) in [5.41, 5.74) is 5.17. The van der Waals surface area contributed by atoms with Crippen molar-refractivity contribution in [2.24, 2.45) is 0 Å². The Bertz CT molecular complexity index is 1130. The molecule has 2 heterocycles. The van der Waals surface area contributed by atoms with Crippen LogP contribution in [0.15, 0.2) is 84.5 Å². The average Bonchev–Trinajstić information content (AvgIpc) is 3.31. The predicted octanol–water partition coefficient (Wildman–Crippen LogP) is 5.65. The lowest BCUT2D eigenvalue weighted by Crippen LogP contribution is -2.30. The van der Waals surface area contributed by atoms with Crippen LogP contribution in [-0.4, -0.2) is 27.3 Å². The molecule has 0 aliphatic heterocycles. The zero-order valence-electron chi connectivity index (χ0n) is 17.6. The summed E-state index contributed by atoms with van der Waals surface area (Å²) in [4.78, 5) is 23.6. The lowest BCUT2D eigenvalue weighted by molar-refractivity contribution is 0.0747. The minimum atomic E-state index is -0.0148. The molecule has 31 heavy (non-hydrogen) atoms. The van der Waals surface area contributed by atoms with Crippen LogP contribution in [0.3, 0.4) is 0 Å². The molecule has 4 aromatic rings. The number of benzene rings is 2. The number of hydrogen-bond acceptors (Lipinski definition) is 4. The van der Waals surface area contributed by atoms with Gasteiger partial charge in [0.15, 0.2) is 0 Å². The van der Waals surface area contributed by atoms with E-state index >= 15 is 0 Å². The van der Waals surface area contributed by atoms with Gasteiger partial charge in [-0.25, -0.2) is 4.98 Å². The zero-order chi connectivity index (χ0) is 21.5. The average molecular weight is 428 g/mol. The molecule has 0 saturated carbocycles. The summed E-state index contributed by atoms with van der Waals surface area (Å²) in [7, 11) is 0. The largest absolute Gasteiger partial charge is 0.333 e. The minimum absolute atomic E-state index is 0.0148. The van der Waals surface area contributed by atoms with Crippen LogP contribution in [-0.2, 0) is 19.4 Å². The second-order valence-electron chi connectivity index (χ2n) is 7.37. The molecule has 5 heteroatoms. The highest BCUT2D eigenvalue weighted by molar-refractivity contribution is 7.09. The van der Waals surface area contributed by atoms with Gasteiger partial charge in [0, 0.05) is 37.3 Å². The monoisotopic (exact) mass is 427 g/mol. The molecular formula is C26H25N3OS. The van der Waals surface area contributed by atoms with Crippen LogP contribution in [0, 0.1) is 0 Å². The van der Waals surface area contributed by atoms with E-state index < -0.39 is 0 Å². The normalized spacial score (nSPS) is 10.7. The fourth-order valence-corrected chi connectivity index (χ4v) is 4.30. The number of nitrogens with zero attached hydrogens (tertiary/aromatic N) is 3. The van der Waals surface area contributed by atoms with E-state index in [4.69, 9.17) is 0 Å². The van der Waals surface area contributed by atoms with Crippen LogP contribution in [0.2, 0.25) is 0 Å². The van der Waals surface area contributed by atoms with Crippen LogP contribution in [0.25, 0.3) is 11.1 Å². The van der Waals surface area contributed by atoms with Crippen molar-refractivity contribution >= 4 is 17.2 Å². The van der Waals surface area contributed by atoms with E-state index in [0.29, 0.717) is 18.8 Å². The van der Waals surface area contributed by atoms with Gasteiger partial charge in [-0.05, 0) is 53.8 Å². The second-order valence-corrected chi connectivity index (χ2v) is 8.31. The number of rotatable bonds is 8. The maximum atomic E-state index is 13.1. The first-order valence-electron chi connectivity index (χ1n) is 10.5. The fraction of sp³-hybridized carbons (Fsp3) is 0.192. The Labute approximate surface area is 187 Å². The molecule has 4 rings (SSSR count). The number of carbonyl (C=O) groups is 1. The van der Waals surface area contributed by atoms with Crippen molar-refractivity contribution in [3.05, 3.63) is 106 Å². The molecule has 2 aromatic carbocycles. The Morgan fingerprint density at radius 2 is 1.68 bits per heavy atom. The predicted molar refractivity (Wildman–Crippen MR) is 126 cm³/mol. The summed E-state index contributed by atoms with van der Waals surface area (Å²) >= 11 is 1.57. The van der Waals surface area contributed by atoms with Gasteiger partial charge in [-0.2, -0.15) is 0 Å². The Morgan fingerprint density at radius 1 is 0.903 bits per heavy atom. The molecule has 0 atom stereocenters. The van der Waals surface area contributed by atoms with Gasteiger partial charge in [0.05, 0.1) is 5.01 Å². The summed E-state index contributed by atoms with van der Waals surface area (Å²) in [6.07, 6.45) is 5.37. The van der Waals surface area contributed by atoms with E-state index in [1.165, 1.54) is 5.56 Å². The van der Waals surface area contributed by atoms with Crippen molar-refractivity contribution in [2.45, 2.75) is 26.3 Å². The van der Waals surface area contributed by atoms with E-state index in [-0.39, 0.29) is 5.91 Å². The van der Waals surface area contributed by atoms with Crippen LogP contribution >= 0.6 is 11.3 Å². The Hall–Kier alpha value is -3.31. The summed E-state index contributed by atoms with van der Waals surface area (Å²) in [6.45, 7) is 3.20. The molecule has 0 aliphatic carbocycles. The van der Waals surface area contributed by atoms with Crippen LogP contribution in [0.5, 0.6) is 0 Å². The molecule has 0 spiro atoms. The maximum Gasteiger partial charge on any atom is 0.273 e. The third-order valence-corrected chi connectivity index (χ3v) is 6.13. The highest BCUT2D eigenvalue weighted by Crippen LogP contribution is 2.21. The first kappa shape index (κ1) is 20.9. The summed E-state index contributed by atoms with van der Waals surface area (Å²) in [6, 6.07) is 22.7. The van der Waals surface area contributed by atoms with Crippen LogP contribution in [0.1, 0.15) is 33.5 Å². The summed E-state index contributed by atoms with van der Waals surface area (Å²) < 4.78 is 0. The Morgan fingerprint density at radius 3 is 2.45 bits per heavy atom. The van der Waals surface area contributed by atoms with Crippen molar-refractivity contribution in [3.8, 4) is 11.1 Å². The number of thiazole rings is 1. The van der Waals surface area contributed by atoms with Gasteiger partial charge < -0.3 is 4.90 Å². The van der Waals surface area contributed by atoms with E-state index in [9.17, 15) is 4.79 Å². The van der Waals surface area contributed by atoms with Crippen molar-refractivity contribution in [1.29, 1.82) is 0 Å². The van der Waals surface area contributed by atoms with Gasteiger partial charge in [-0.1, -0.05) is 48.5 Å². The van der Waals surface area contributed by atoms with Gasteiger partial charge in [0.25, 0.3) is 5.91 Å². The van der Waals surface area contributed by atoms with Crippen LogP contribution < -0.4 is 0 Å². The molecule has 0 unspecified atom stereocenters. The van der Waals surface area contributed by atoms with Gasteiger partial charge in [0.2, 0.25) is 0 Å². The van der Waals surface area contributed by atoms with Crippen molar-refractivity contribution < 1.29 is 4.79 Å². The summed E-state index contributed by atoms with van der Waals surface area (Å²) in [5, 5.41) is 2.89. The first-order chi connectivity index (χ1) is 15.2. The molecule has 1 amide bonds. The van der Waals surface area contributed by atoms with Gasteiger partial charge in [-0.15, -0.1) is 11.3 Å². The fourth-order valence-electron chi connectivity index (χ4n) is 3.52. The van der Waals surface area contributed by atoms with Crippen molar-refractivity contribution in [1.82, 2.24) is 14.9 Å². The molecule has 0 aliphatic rings. The highest BCUT2D eigenvalue weighted by Gasteiger charge is 2.18. The van der Waals surface area contributed by atoms with E-state index in [1.54, 1.807) is 23.7 Å². The molecule has 0 saturated heterocycles. The number of aryl methyl sites for hydroxylation is 2. The molecule has 0 radical (unpaired) electrons. The summed E-state index contributed by atoms with van der Waals surface area (Å²) in [5.74, 6) is -0.0148.